The van der Waals surface area contributed by atoms with Crippen LogP contribution in [0.2, 0.25) is 0 Å². The van der Waals surface area contributed by atoms with E-state index < -0.39 is 0 Å². The molecule has 0 radical (unpaired) electrons. The summed E-state index contributed by atoms with van der Waals surface area (Å²) in [6.07, 6.45) is 2.64. The third-order valence-corrected chi connectivity index (χ3v) is 1.44. The number of unbranched alkanes of at least 4 members (excludes halogenated alkanes) is 1. The zero-order valence-electron chi connectivity index (χ0n) is 7.80. The maximum atomic E-state index is 2.18. The van der Waals surface area contributed by atoms with E-state index in [0.29, 0.717) is 0 Å². The van der Waals surface area contributed by atoms with E-state index in [2.05, 4.69) is 32.9 Å². The van der Waals surface area contributed by atoms with Crippen molar-refractivity contribution in [2.45, 2.75) is 33.6 Å². The molecule has 0 saturated heterocycles. The number of benzene rings is 1. The molecule has 0 aliphatic heterocycles. The van der Waals surface area contributed by atoms with Crippen LogP contribution in [0.15, 0.2) is 30.3 Å². The summed E-state index contributed by atoms with van der Waals surface area (Å²) in [4.78, 5) is 0. The molecule has 1 rings (SSSR count). The molecule has 0 atom stereocenters. The van der Waals surface area contributed by atoms with Gasteiger partial charge in [-0.25, -0.2) is 0 Å². The van der Waals surface area contributed by atoms with Gasteiger partial charge in [-0.1, -0.05) is 62.6 Å². The van der Waals surface area contributed by atoms with Crippen LogP contribution in [0.1, 0.15) is 32.3 Å². The molecule has 0 fully saturated rings. The topological polar surface area (TPSA) is 0 Å². The van der Waals surface area contributed by atoms with Crippen LogP contribution in [-0.2, 0) is 0 Å². The van der Waals surface area contributed by atoms with Crippen LogP contribution < -0.4 is 0 Å². The fourth-order valence-corrected chi connectivity index (χ4v) is 0.534. The molecule has 0 bridgehead atoms. The number of rotatable bonds is 1. The molecule has 1 aromatic carbocycles. The van der Waals surface area contributed by atoms with E-state index >= 15 is 0 Å². The zero-order chi connectivity index (χ0) is 8.53. The highest BCUT2D eigenvalue weighted by Gasteiger charge is 1.72. The number of aryl methyl sites for hydroxylation is 1. The van der Waals surface area contributed by atoms with Crippen molar-refractivity contribution in [1.29, 1.82) is 0 Å². The van der Waals surface area contributed by atoms with E-state index in [4.69, 9.17) is 0 Å². The Labute approximate surface area is 70.3 Å². The largest absolute Gasteiger partial charge is 0.0654 e. The minimum atomic E-state index is 1.32. The summed E-state index contributed by atoms with van der Waals surface area (Å²) < 4.78 is 0. The Balaban J connectivity index is 0.000000218. The molecule has 0 nitrogen and oxygen atoms in total. The summed E-state index contributed by atoms with van der Waals surface area (Å²) in [5.74, 6) is 0. The Morgan fingerprint density at radius 2 is 1.36 bits per heavy atom. The second-order valence-electron chi connectivity index (χ2n) is 2.65. The minimum absolute atomic E-state index is 1.32. The van der Waals surface area contributed by atoms with Gasteiger partial charge in [-0.2, -0.15) is 0 Å². The lowest BCUT2D eigenvalue weighted by Crippen LogP contribution is -1.62. The van der Waals surface area contributed by atoms with Gasteiger partial charge in [0.15, 0.2) is 0 Å². The fourth-order valence-electron chi connectivity index (χ4n) is 0.534. The smallest absolute Gasteiger partial charge is 0.0398 e. The highest BCUT2D eigenvalue weighted by molar-refractivity contribution is 5.11. The van der Waals surface area contributed by atoms with Gasteiger partial charge in [-0.05, 0) is 6.92 Å². The van der Waals surface area contributed by atoms with Crippen LogP contribution in [0.5, 0.6) is 0 Å². The maximum absolute atomic E-state index is 2.18. The van der Waals surface area contributed by atoms with Crippen molar-refractivity contribution in [2.24, 2.45) is 0 Å². The van der Waals surface area contributed by atoms with E-state index in [-0.39, 0.29) is 0 Å². The Hall–Kier alpha value is -0.780. The van der Waals surface area contributed by atoms with Crippen LogP contribution >= 0.6 is 0 Å². The Kier molecular flexibility index (Phi) is 6.81. The molecule has 0 heterocycles. The van der Waals surface area contributed by atoms with Gasteiger partial charge in [0.25, 0.3) is 0 Å². The SMILES string of the molecule is CCCC.Cc1ccccc1. The lowest BCUT2D eigenvalue weighted by Gasteiger charge is -1.82. The van der Waals surface area contributed by atoms with Gasteiger partial charge in [0.1, 0.15) is 0 Å². The van der Waals surface area contributed by atoms with Gasteiger partial charge in [-0.15, -0.1) is 0 Å². The molecule has 0 amide bonds. The normalized spacial score (nSPS) is 8.27. The highest BCUT2D eigenvalue weighted by atomic mass is 13.8. The average molecular weight is 150 g/mol. The van der Waals surface area contributed by atoms with Crippen molar-refractivity contribution < 1.29 is 0 Å². The molecule has 0 aliphatic carbocycles. The van der Waals surface area contributed by atoms with Gasteiger partial charge in [-0.3, -0.25) is 0 Å². The second kappa shape index (κ2) is 7.33. The zero-order valence-corrected chi connectivity index (χ0v) is 7.80. The molecular formula is C11H18. The van der Waals surface area contributed by atoms with Crippen LogP contribution in [-0.4, -0.2) is 0 Å². The van der Waals surface area contributed by atoms with Crippen LogP contribution in [0.4, 0.5) is 0 Å². The highest BCUT2D eigenvalue weighted by Crippen LogP contribution is 1.92. The quantitative estimate of drug-likeness (QED) is 0.571. The molecule has 0 saturated carbocycles. The third-order valence-electron chi connectivity index (χ3n) is 1.44. The first-order valence-electron chi connectivity index (χ1n) is 4.32. The lowest BCUT2D eigenvalue weighted by molar-refractivity contribution is 0.886. The molecule has 0 spiro atoms. The van der Waals surface area contributed by atoms with Gasteiger partial charge >= 0.3 is 0 Å². The molecule has 0 heteroatoms. The third kappa shape index (κ3) is 7.11. The molecular weight excluding hydrogens is 132 g/mol. The summed E-state index contributed by atoms with van der Waals surface area (Å²) in [5, 5.41) is 0. The minimum Gasteiger partial charge on any atom is -0.0654 e. The van der Waals surface area contributed by atoms with E-state index in [1.807, 2.05) is 18.2 Å². The summed E-state index contributed by atoms with van der Waals surface area (Å²) in [7, 11) is 0. The first-order valence-corrected chi connectivity index (χ1v) is 4.32. The van der Waals surface area contributed by atoms with Crippen molar-refractivity contribution in [3.8, 4) is 0 Å². The van der Waals surface area contributed by atoms with Gasteiger partial charge in [0.05, 0.1) is 0 Å². The number of hydrogen-bond donors (Lipinski definition) is 0. The van der Waals surface area contributed by atoms with Crippen LogP contribution in [0.25, 0.3) is 0 Å². The Morgan fingerprint density at radius 3 is 1.55 bits per heavy atom. The first-order chi connectivity index (χ1) is 5.31. The monoisotopic (exact) mass is 150 g/mol. The molecule has 0 unspecified atom stereocenters. The molecule has 11 heavy (non-hydrogen) atoms. The van der Waals surface area contributed by atoms with Crippen molar-refractivity contribution in [3.63, 3.8) is 0 Å². The standard InChI is InChI=1S/C7H8.C4H10/c1-7-5-3-2-4-6-7;1-3-4-2/h2-6H,1H3;3-4H2,1-2H3. The van der Waals surface area contributed by atoms with E-state index in [9.17, 15) is 0 Å². The summed E-state index contributed by atoms with van der Waals surface area (Å²) >= 11 is 0. The van der Waals surface area contributed by atoms with Crippen molar-refractivity contribution >= 4 is 0 Å². The van der Waals surface area contributed by atoms with Crippen molar-refractivity contribution in [2.75, 3.05) is 0 Å². The van der Waals surface area contributed by atoms with Crippen molar-refractivity contribution in [1.82, 2.24) is 0 Å². The van der Waals surface area contributed by atoms with Crippen LogP contribution in [0, 0.1) is 6.92 Å². The Bertz CT molecular complexity index is 151. The van der Waals surface area contributed by atoms with Crippen molar-refractivity contribution in [3.05, 3.63) is 35.9 Å². The summed E-state index contributed by atoms with van der Waals surface area (Å²) in [6, 6.07) is 10.3. The molecule has 0 N–H and O–H groups in total. The predicted molar refractivity (Wildman–Crippen MR) is 51.8 cm³/mol. The summed E-state index contributed by atoms with van der Waals surface area (Å²) in [5.41, 5.74) is 1.32. The van der Waals surface area contributed by atoms with Gasteiger partial charge in [0.2, 0.25) is 0 Å². The Morgan fingerprint density at radius 1 is 0.909 bits per heavy atom. The maximum Gasteiger partial charge on any atom is -0.0398 e. The molecule has 1 aromatic rings. The lowest BCUT2D eigenvalue weighted by atomic mass is 10.2. The molecule has 0 aromatic heterocycles. The van der Waals surface area contributed by atoms with Crippen LogP contribution in [0.3, 0.4) is 0 Å². The second-order valence-corrected chi connectivity index (χ2v) is 2.65. The predicted octanol–water partition coefficient (Wildman–Crippen LogP) is 3.80. The van der Waals surface area contributed by atoms with E-state index in [0.717, 1.165) is 0 Å². The molecule has 0 aliphatic rings. The average Bonchev–Trinajstić information content (AvgIpc) is 2.07. The fraction of sp³-hybridized carbons (Fsp3) is 0.455. The van der Waals surface area contributed by atoms with Gasteiger partial charge < -0.3 is 0 Å². The van der Waals surface area contributed by atoms with Gasteiger partial charge in [0, 0.05) is 0 Å². The summed E-state index contributed by atoms with van der Waals surface area (Å²) in [6.45, 7) is 6.44. The van der Waals surface area contributed by atoms with E-state index in [1.165, 1.54) is 18.4 Å². The van der Waals surface area contributed by atoms with E-state index in [1.54, 1.807) is 0 Å². The number of hydrogen-bond acceptors (Lipinski definition) is 0. The molecule has 62 valence electrons. The first kappa shape index (κ1) is 10.2.